The number of aliphatic carboxylic acids is 1. The first-order valence-corrected chi connectivity index (χ1v) is 13.4. The van der Waals surface area contributed by atoms with Crippen LogP contribution < -0.4 is 0 Å². The normalized spacial score (nSPS) is 14.6. The van der Waals surface area contributed by atoms with E-state index in [9.17, 15) is 15.0 Å². The molecule has 0 aliphatic heterocycles. The molecule has 204 valence electrons. The van der Waals surface area contributed by atoms with Gasteiger partial charge in [0.1, 0.15) is 5.75 Å². The fourth-order valence-electron chi connectivity index (χ4n) is 4.69. The van der Waals surface area contributed by atoms with Crippen molar-refractivity contribution in [3.8, 4) is 5.75 Å². The predicted molar refractivity (Wildman–Crippen MR) is 158 cm³/mol. The standard InChI is InChI=1S/C34H50O3/c1-20(30(36)37)15-26-24(16-22(31(3,4)5)18-27(26)33(9,10)11)21(2)25-17-23(32(6,7)8)19-28(29(25)35)34(12,13)14/h15-19,21,35H,1-14H3,(H,36,37)/b20-15+. The number of carboxylic acids is 1. The van der Waals surface area contributed by atoms with Gasteiger partial charge < -0.3 is 10.2 Å². The topological polar surface area (TPSA) is 57.5 Å². The van der Waals surface area contributed by atoms with Crippen LogP contribution in [0, 0.1) is 0 Å². The molecular weight excluding hydrogens is 456 g/mol. The first-order chi connectivity index (χ1) is 16.5. The van der Waals surface area contributed by atoms with Crippen LogP contribution in [0.15, 0.2) is 29.8 Å². The van der Waals surface area contributed by atoms with E-state index < -0.39 is 5.97 Å². The average Bonchev–Trinajstić information content (AvgIpc) is 2.69. The lowest BCUT2D eigenvalue weighted by molar-refractivity contribution is -0.132. The maximum Gasteiger partial charge on any atom is 0.331 e. The Kier molecular flexibility index (Phi) is 8.26. The number of carboxylic acid groups (broad SMARTS) is 1. The number of phenols is 1. The lowest BCUT2D eigenvalue weighted by Gasteiger charge is -2.32. The Morgan fingerprint density at radius 1 is 0.703 bits per heavy atom. The highest BCUT2D eigenvalue weighted by Gasteiger charge is 2.30. The Labute approximate surface area is 226 Å². The molecule has 0 aliphatic rings. The molecule has 37 heavy (non-hydrogen) atoms. The minimum atomic E-state index is -0.925. The van der Waals surface area contributed by atoms with Gasteiger partial charge in [0.05, 0.1) is 0 Å². The number of rotatable bonds is 4. The number of benzene rings is 2. The molecule has 0 amide bonds. The monoisotopic (exact) mass is 506 g/mol. The van der Waals surface area contributed by atoms with Gasteiger partial charge in [-0.15, -0.1) is 0 Å². The molecule has 0 spiro atoms. The summed E-state index contributed by atoms with van der Waals surface area (Å²) >= 11 is 0. The SMILES string of the molecule is C/C(=C\c1c(C(C)c2cc(C(C)(C)C)cc(C(C)(C)C)c2O)cc(C(C)(C)C)cc1C(C)(C)C)C(=O)O. The fraction of sp³-hybridized carbons (Fsp3) is 0.559. The number of phenolic OH excluding ortho intramolecular Hbond substituents is 1. The van der Waals surface area contributed by atoms with Gasteiger partial charge in [0.15, 0.2) is 0 Å². The number of hydrogen-bond donors (Lipinski definition) is 2. The highest BCUT2D eigenvalue weighted by atomic mass is 16.4. The van der Waals surface area contributed by atoms with Crippen LogP contribution in [0.2, 0.25) is 0 Å². The van der Waals surface area contributed by atoms with Crippen LogP contribution in [0.4, 0.5) is 0 Å². The summed E-state index contributed by atoms with van der Waals surface area (Å²) in [4.78, 5) is 11.9. The summed E-state index contributed by atoms with van der Waals surface area (Å²) in [5.74, 6) is -0.748. The van der Waals surface area contributed by atoms with E-state index in [4.69, 9.17) is 0 Å². The van der Waals surface area contributed by atoms with E-state index in [2.05, 4.69) is 114 Å². The highest BCUT2D eigenvalue weighted by Crippen LogP contribution is 2.45. The molecule has 0 aromatic heterocycles. The molecule has 0 saturated carbocycles. The molecule has 1 unspecified atom stereocenters. The van der Waals surface area contributed by atoms with Gasteiger partial charge in [-0.3, -0.25) is 0 Å². The summed E-state index contributed by atoms with van der Waals surface area (Å²) in [6.45, 7) is 29.9. The van der Waals surface area contributed by atoms with E-state index in [-0.39, 0.29) is 27.6 Å². The lowest BCUT2D eigenvalue weighted by Crippen LogP contribution is -2.21. The average molecular weight is 507 g/mol. The molecule has 2 rings (SSSR count). The third kappa shape index (κ3) is 6.86. The molecule has 2 N–H and O–H groups in total. The Morgan fingerprint density at radius 2 is 1.11 bits per heavy atom. The summed E-state index contributed by atoms with van der Waals surface area (Å²) in [5, 5.41) is 21.4. The summed E-state index contributed by atoms with van der Waals surface area (Å²) in [6, 6.07) is 8.75. The van der Waals surface area contributed by atoms with Gasteiger partial charge >= 0.3 is 5.97 Å². The Morgan fingerprint density at radius 3 is 1.49 bits per heavy atom. The van der Waals surface area contributed by atoms with Crippen molar-refractivity contribution in [2.24, 2.45) is 0 Å². The minimum absolute atomic E-state index is 0.0887. The molecule has 0 aliphatic carbocycles. The zero-order valence-corrected chi connectivity index (χ0v) is 25.8. The largest absolute Gasteiger partial charge is 0.507 e. The number of aromatic hydroxyl groups is 1. The summed E-state index contributed by atoms with van der Waals surface area (Å²) in [6.07, 6.45) is 1.82. The van der Waals surface area contributed by atoms with Crippen molar-refractivity contribution in [2.45, 2.75) is 125 Å². The summed E-state index contributed by atoms with van der Waals surface area (Å²) in [7, 11) is 0. The van der Waals surface area contributed by atoms with Crippen LogP contribution in [0.5, 0.6) is 5.75 Å². The van der Waals surface area contributed by atoms with Crippen LogP contribution >= 0.6 is 0 Å². The van der Waals surface area contributed by atoms with Crippen molar-refractivity contribution in [3.63, 3.8) is 0 Å². The van der Waals surface area contributed by atoms with E-state index in [1.165, 1.54) is 11.1 Å². The van der Waals surface area contributed by atoms with Crippen LogP contribution in [0.25, 0.3) is 6.08 Å². The molecule has 0 fully saturated rings. The molecule has 0 radical (unpaired) electrons. The summed E-state index contributed by atoms with van der Waals surface area (Å²) in [5.41, 5.74) is 6.97. The summed E-state index contributed by atoms with van der Waals surface area (Å²) < 4.78 is 0. The van der Waals surface area contributed by atoms with Crippen molar-refractivity contribution < 1.29 is 15.0 Å². The molecule has 3 heteroatoms. The van der Waals surface area contributed by atoms with Crippen LogP contribution in [0.1, 0.15) is 142 Å². The first kappa shape index (κ1) is 30.7. The zero-order chi connectivity index (χ0) is 28.9. The second kappa shape index (κ2) is 9.97. The second-order valence-electron chi connectivity index (χ2n) is 14.8. The molecule has 0 heterocycles. The van der Waals surface area contributed by atoms with Crippen LogP contribution in [-0.4, -0.2) is 16.2 Å². The van der Waals surface area contributed by atoms with E-state index >= 15 is 0 Å². The molecule has 0 saturated heterocycles. The number of carbonyl (C=O) groups is 1. The van der Waals surface area contributed by atoms with Gasteiger partial charge in [-0.1, -0.05) is 114 Å². The van der Waals surface area contributed by atoms with Gasteiger partial charge in [-0.2, -0.15) is 0 Å². The van der Waals surface area contributed by atoms with Crippen molar-refractivity contribution in [1.29, 1.82) is 0 Å². The van der Waals surface area contributed by atoms with Crippen molar-refractivity contribution in [1.82, 2.24) is 0 Å². The van der Waals surface area contributed by atoms with Crippen molar-refractivity contribution in [3.05, 3.63) is 68.8 Å². The van der Waals surface area contributed by atoms with Gasteiger partial charge in [-0.05, 0) is 68.0 Å². The Hall–Kier alpha value is -2.55. The molecule has 1 atom stereocenters. The van der Waals surface area contributed by atoms with Crippen LogP contribution in [0.3, 0.4) is 0 Å². The zero-order valence-electron chi connectivity index (χ0n) is 25.8. The quantitative estimate of drug-likeness (QED) is 0.406. The Bertz CT molecular complexity index is 1200. The second-order valence-corrected chi connectivity index (χ2v) is 14.8. The van der Waals surface area contributed by atoms with Crippen molar-refractivity contribution >= 4 is 12.0 Å². The van der Waals surface area contributed by atoms with Gasteiger partial charge in [0.2, 0.25) is 0 Å². The highest BCUT2D eigenvalue weighted by molar-refractivity contribution is 5.92. The Balaban J connectivity index is 3.09. The maximum atomic E-state index is 11.9. The molecule has 0 bridgehead atoms. The van der Waals surface area contributed by atoms with E-state index in [0.29, 0.717) is 11.3 Å². The molecular formula is C34H50O3. The first-order valence-electron chi connectivity index (χ1n) is 13.4. The maximum absolute atomic E-state index is 11.9. The smallest absolute Gasteiger partial charge is 0.331 e. The van der Waals surface area contributed by atoms with Gasteiger partial charge in [0, 0.05) is 17.1 Å². The third-order valence-corrected chi connectivity index (χ3v) is 7.33. The lowest BCUT2D eigenvalue weighted by atomic mass is 9.72. The van der Waals surface area contributed by atoms with Gasteiger partial charge in [0.25, 0.3) is 0 Å². The fourth-order valence-corrected chi connectivity index (χ4v) is 4.69. The molecule has 2 aromatic rings. The van der Waals surface area contributed by atoms with Gasteiger partial charge in [-0.25, -0.2) is 4.79 Å². The molecule has 2 aromatic carbocycles. The van der Waals surface area contributed by atoms with Crippen molar-refractivity contribution in [2.75, 3.05) is 0 Å². The third-order valence-electron chi connectivity index (χ3n) is 7.33. The predicted octanol–water partition coefficient (Wildman–Crippen LogP) is 9.22. The number of hydrogen-bond acceptors (Lipinski definition) is 2. The van der Waals surface area contributed by atoms with E-state index in [0.717, 1.165) is 27.8 Å². The molecule has 3 nitrogen and oxygen atoms in total. The van der Waals surface area contributed by atoms with Crippen LogP contribution in [-0.2, 0) is 26.5 Å². The minimum Gasteiger partial charge on any atom is -0.507 e. The van der Waals surface area contributed by atoms with E-state index in [1.807, 2.05) is 6.08 Å². The van der Waals surface area contributed by atoms with E-state index in [1.54, 1.807) is 6.92 Å².